The smallest absolute Gasteiger partial charge is 0.0430 e. The van der Waals surface area contributed by atoms with Gasteiger partial charge in [0.1, 0.15) is 0 Å². The van der Waals surface area contributed by atoms with Crippen molar-refractivity contribution in [1.82, 2.24) is 0 Å². The van der Waals surface area contributed by atoms with Gasteiger partial charge in [-0.05, 0) is 47.2 Å². The average molecular weight is 523 g/mol. The zero-order chi connectivity index (χ0) is 25.6. The Morgan fingerprint density at radius 2 is 0.763 bits per heavy atom. The van der Waals surface area contributed by atoms with Crippen LogP contribution in [0.5, 0.6) is 0 Å². The summed E-state index contributed by atoms with van der Waals surface area (Å²) in [6.07, 6.45) is 0. The molecule has 0 spiro atoms. The van der Waals surface area contributed by atoms with Crippen LogP contribution in [0.1, 0.15) is 9.75 Å². The van der Waals surface area contributed by atoms with Gasteiger partial charge >= 0.3 is 0 Å². The third-order valence-electron chi connectivity index (χ3n) is 7.42. The fraction of sp³-hybridized carbons (Fsp3) is 0.0556. The van der Waals surface area contributed by atoms with Crippen molar-refractivity contribution in [2.45, 2.75) is 13.8 Å². The number of fused-ring (bicyclic) bond motifs is 2. The van der Waals surface area contributed by atoms with E-state index in [0.29, 0.717) is 0 Å². The van der Waals surface area contributed by atoms with Crippen LogP contribution in [0.15, 0.2) is 121 Å². The second kappa shape index (κ2) is 9.40. The lowest BCUT2D eigenvalue weighted by molar-refractivity contribution is 1.59. The van der Waals surface area contributed by atoms with Gasteiger partial charge < -0.3 is 0 Å². The van der Waals surface area contributed by atoms with Gasteiger partial charge in [-0.3, -0.25) is 0 Å². The molecule has 7 aromatic rings. The molecule has 0 N–H and O–H groups in total. The topological polar surface area (TPSA) is 0 Å². The minimum absolute atomic E-state index is 1.26. The molecule has 0 nitrogen and oxygen atoms in total. The molecule has 0 saturated carbocycles. The maximum atomic E-state index is 2.29. The van der Waals surface area contributed by atoms with Gasteiger partial charge in [0.2, 0.25) is 0 Å². The SMILES string of the molecule is Cc1sc2c(-c3ccc(-c4cccc5c(-c6ccccc6)c(C)sc45)cc3)cccc2c1-c1ccccc1. The van der Waals surface area contributed by atoms with Crippen LogP contribution in [0.2, 0.25) is 0 Å². The van der Waals surface area contributed by atoms with E-state index < -0.39 is 0 Å². The Morgan fingerprint density at radius 3 is 1.16 bits per heavy atom. The van der Waals surface area contributed by atoms with Crippen LogP contribution >= 0.6 is 22.7 Å². The van der Waals surface area contributed by atoms with Crippen LogP contribution < -0.4 is 0 Å². The molecular weight excluding hydrogens is 497 g/mol. The van der Waals surface area contributed by atoms with E-state index in [4.69, 9.17) is 0 Å². The van der Waals surface area contributed by atoms with E-state index in [0.717, 1.165) is 0 Å². The molecule has 7 rings (SSSR count). The van der Waals surface area contributed by atoms with Crippen LogP contribution in [-0.4, -0.2) is 0 Å². The van der Waals surface area contributed by atoms with Gasteiger partial charge in [-0.25, -0.2) is 0 Å². The number of hydrogen-bond donors (Lipinski definition) is 0. The van der Waals surface area contributed by atoms with Gasteiger partial charge in [0.15, 0.2) is 0 Å². The van der Waals surface area contributed by atoms with Gasteiger partial charge in [0.05, 0.1) is 0 Å². The first-order valence-corrected chi connectivity index (χ1v) is 14.6. The fourth-order valence-electron chi connectivity index (χ4n) is 5.69. The number of aryl methyl sites for hydroxylation is 2. The summed E-state index contributed by atoms with van der Waals surface area (Å²) in [7, 11) is 0. The molecule has 0 amide bonds. The molecule has 0 bridgehead atoms. The third-order valence-corrected chi connectivity index (χ3v) is 9.72. The number of rotatable bonds is 4. The highest BCUT2D eigenvalue weighted by atomic mass is 32.1. The van der Waals surface area contributed by atoms with E-state index in [-0.39, 0.29) is 0 Å². The van der Waals surface area contributed by atoms with Crippen molar-refractivity contribution >= 4 is 42.8 Å². The lowest BCUT2D eigenvalue weighted by atomic mass is 9.96. The monoisotopic (exact) mass is 522 g/mol. The maximum Gasteiger partial charge on any atom is 0.0430 e. The summed E-state index contributed by atoms with van der Waals surface area (Å²) in [6, 6.07) is 44.1. The van der Waals surface area contributed by atoms with E-state index in [1.165, 1.54) is 74.4 Å². The highest BCUT2D eigenvalue weighted by molar-refractivity contribution is 7.20. The van der Waals surface area contributed by atoms with Crippen LogP contribution in [0.3, 0.4) is 0 Å². The van der Waals surface area contributed by atoms with Crippen LogP contribution in [-0.2, 0) is 0 Å². The molecule has 5 aromatic carbocycles. The molecule has 2 heterocycles. The van der Waals surface area contributed by atoms with Gasteiger partial charge in [0, 0.05) is 41.1 Å². The lowest BCUT2D eigenvalue weighted by Crippen LogP contribution is -1.83. The number of benzene rings is 5. The first kappa shape index (κ1) is 23.2. The number of hydrogen-bond acceptors (Lipinski definition) is 2. The molecule has 0 aliphatic rings. The second-order valence-electron chi connectivity index (χ2n) is 9.74. The summed E-state index contributed by atoms with van der Waals surface area (Å²) in [5.74, 6) is 0. The van der Waals surface area contributed by atoms with E-state index in [2.05, 4.69) is 135 Å². The Balaban J connectivity index is 1.31. The van der Waals surface area contributed by atoms with Crippen molar-refractivity contribution in [3.63, 3.8) is 0 Å². The van der Waals surface area contributed by atoms with Crippen LogP contribution in [0.25, 0.3) is 64.7 Å². The molecule has 0 saturated heterocycles. The third kappa shape index (κ3) is 3.80. The minimum atomic E-state index is 1.26. The second-order valence-corrected chi connectivity index (χ2v) is 12.2. The van der Waals surface area contributed by atoms with Crippen LogP contribution in [0.4, 0.5) is 0 Å². The molecular formula is C36H26S2. The zero-order valence-corrected chi connectivity index (χ0v) is 23.0. The Hall–Kier alpha value is -3.98. The summed E-state index contributed by atoms with van der Waals surface area (Å²) in [6.45, 7) is 4.49. The molecule has 0 unspecified atom stereocenters. The molecule has 0 aliphatic carbocycles. The van der Waals surface area contributed by atoms with E-state index >= 15 is 0 Å². The van der Waals surface area contributed by atoms with Crippen molar-refractivity contribution in [3.05, 3.63) is 131 Å². The van der Waals surface area contributed by atoms with Gasteiger partial charge in [-0.15, -0.1) is 22.7 Å². The molecule has 0 radical (unpaired) electrons. The molecule has 0 atom stereocenters. The lowest BCUT2D eigenvalue weighted by Gasteiger charge is -2.08. The zero-order valence-electron chi connectivity index (χ0n) is 21.4. The standard InChI is InChI=1S/C36H26S2/c1-23-33(27-11-5-3-6-12-27)31-17-9-15-29(35(31)37-23)25-19-21-26(22-20-25)30-16-10-18-32-34(24(2)38-36(30)32)28-13-7-4-8-14-28/h3-22H,1-2H3. The maximum absolute atomic E-state index is 2.29. The Bertz CT molecular complexity index is 1760. The molecule has 182 valence electrons. The van der Waals surface area contributed by atoms with Gasteiger partial charge in [-0.2, -0.15) is 0 Å². The van der Waals surface area contributed by atoms with Crippen molar-refractivity contribution in [3.8, 4) is 44.5 Å². The molecule has 0 aliphatic heterocycles. The van der Waals surface area contributed by atoms with E-state index in [1.807, 2.05) is 22.7 Å². The summed E-state index contributed by atoms with van der Waals surface area (Å²) >= 11 is 3.80. The highest BCUT2D eigenvalue weighted by Gasteiger charge is 2.16. The van der Waals surface area contributed by atoms with Crippen LogP contribution in [0, 0.1) is 13.8 Å². The molecule has 38 heavy (non-hydrogen) atoms. The fourth-order valence-corrected chi connectivity index (χ4v) is 8.11. The van der Waals surface area contributed by atoms with Crippen molar-refractivity contribution < 1.29 is 0 Å². The average Bonchev–Trinajstić information content (AvgIpc) is 3.49. The van der Waals surface area contributed by atoms with Crippen molar-refractivity contribution in [2.75, 3.05) is 0 Å². The number of thiophene rings is 2. The Labute approximate surface area is 231 Å². The van der Waals surface area contributed by atoms with Crippen molar-refractivity contribution in [2.24, 2.45) is 0 Å². The van der Waals surface area contributed by atoms with E-state index in [9.17, 15) is 0 Å². The Kier molecular flexibility index (Phi) is 5.73. The van der Waals surface area contributed by atoms with Crippen molar-refractivity contribution in [1.29, 1.82) is 0 Å². The first-order chi connectivity index (χ1) is 18.7. The molecule has 2 aromatic heterocycles. The normalized spacial score (nSPS) is 11.4. The van der Waals surface area contributed by atoms with Gasteiger partial charge in [0.25, 0.3) is 0 Å². The summed E-state index contributed by atoms with van der Waals surface area (Å²) < 4.78 is 2.72. The predicted molar refractivity (Wildman–Crippen MR) is 168 cm³/mol. The largest absolute Gasteiger partial charge is 0.139 e. The predicted octanol–water partition coefficient (Wildman–Crippen LogP) is 11.4. The summed E-state index contributed by atoms with van der Waals surface area (Å²) in [5, 5.41) is 2.68. The van der Waals surface area contributed by atoms with Gasteiger partial charge in [-0.1, -0.05) is 121 Å². The summed E-state index contributed by atoms with van der Waals surface area (Å²) in [4.78, 5) is 2.73. The minimum Gasteiger partial charge on any atom is -0.139 e. The van der Waals surface area contributed by atoms with E-state index in [1.54, 1.807) is 0 Å². The first-order valence-electron chi connectivity index (χ1n) is 12.9. The Morgan fingerprint density at radius 1 is 0.368 bits per heavy atom. The molecule has 0 fully saturated rings. The quantitative estimate of drug-likeness (QED) is 0.216. The highest BCUT2D eigenvalue weighted by Crippen LogP contribution is 2.45. The summed E-state index contributed by atoms with van der Waals surface area (Å²) in [5.41, 5.74) is 10.4. The molecule has 2 heteroatoms.